The fraction of sp³-hybridized carbons (Fsp3) is 0.533. The lowest BCUT2D eigenvalue weighted by Crippen LogP contribution is -2.30. The summed E-state index contributed by atoms with van der Waals surface area (Å²) >= 11 is 1.58. The number of nitrogens with zero attached hydrogens (tertiary/aromatic N) is 1. The molecule has 0 saturated carbocycles. The van der Waals surface area contributed by atoms with Crippen molar-refractivity contribution in [2.75, 3.05) is 20.3 Å². The predicted octanol–water partition coefficient (Wildman–Crippen LogP) is 1.87. The van der Waals surface area contributed by atoms with E-state index in [1.165, 1.54) is 0 Å². The molecule has 1 heterocycles. The summed E-state index contributed by atoms with van der Waals surface area (Å²) in [5, 5.41) is 10.6. The van der Waals surface area contributed by atoms with Gasteiger partial charge < -0.3 is 14.7 Å². The quantitative estimate of drug-likeness (QED) is 0.815. The topological polar surface area (TPSA) is 49.8 Å². The average molecular weight is 295 g/mol. The third-order valence-electron chi connectivity index (χ3n) is 2.48. The second-order valence-corrected chi connectivity index (χ2v) is 5.68. The zero-order chi connectivity index (χ0) is 15.0. The van der Waals surface area contributed by atoms with E-state index in [0.717, 1.165) is 10.4 Å². The molecule has 1 amide bonds. The molecule has 110 valence electrons. The van der Waals surface area contributed by atoms with Gasteiger partial charge in [0.05, 0.1) is 19.3 Å². The third-order valence-corrected chi connectivity index (χ3v) is 3.40. The fourth-order valence-corrected chi connectivity index (χ4v) is 2.29. The average Bonchev–Trinajstić information content (AvgIpc) is 2.83. The molecular formula is C15H21NO3S. The Labute approximate surface area is 124 Å². The van der Waals surface area contributed by atoms with Gasteiger partial charge in [-0.1, -0.05) is 11.8 Å². The molecule has 20 heavy (non-hydrogen) atoms. The lowest BCUT2D eigenvalue weighted by molar-refractivity contribution is -0.136. The molecule has 0 aromatic carbocycles. The SMILES string of the molecule is CC(C)OCC(=O)N(C)Cc1cc(C#CCCO)cs1. The van der Waals surface area contributed by atoms with Gasteiger partial charge >= 0.3 is 0 Å². The van der Waals surface area contributed by atoms with Gasteiger partial charge in [0.1, 0.15) is 6.61 Å². The zero-order valence-electron chi connectivity index (χ0n) is 12.2. The summed E-state index contributed by atoms with van der Waals surface area (Å²) in [5.41, 5.74) is 0.928. The first-order valence-electron chi connectivity index (χ1n) is 6.55. The van der Waals surface area contributed by atoms with E-state index in [-0.39, 0.29) is 25.2 Å². The van der Waals surface area contributed by atoms with Crippen LogP contribution in [0.3, 0.4) is 0 Å². The van der Waals surface area contributed by atoms with Gasteiger partial charge in [-0.2, -0.15) is 0 Å². The molecule has 0 radical (unpaired) electrons. The van der Waals surface area contributed by atoms with Gasteiger partial charge in [0.2, 0.25) is 5.91 Å². The summed E-state index contributed by atoms with van der Waals surface area (Å²) < 4.78 is 5.30. The highest BCUT2D eigenvalue weighted by atomic mass is 32.1. The highest BCUT2D eigenvalue weighted by Gasteiger charge is 2.11. The lowest BCUT2D eigenvalue weighted by atomic mass is 10.3. The lowest BCUT2D eigenvalue weighted by Gasteiger charge is -2.17. The molecule has 0 saturated heterocycles. The largest absolute Gasteiger partial charge is 0.395 e. The molecule has 1 rings (SSSR count). The number of thiophene rings is 1. The van der Waals surface area contributed by atoms with Crippen molar-refractivity contribution in [1.82, 2.24) is 4.90 Å². The first-order valence-corrected chi connectivity index (χ1v) is 7.43. The Balaban J connectivity index is 2.48. The van der Waals surface area contributed by atoms with Crippen LogP contribution in [0.15, 0.2) is 11.4 Å². The molecule has 0 aliphatic rings. The number of hydrogen-bond acceptors (Lipinski definition) is 4. The number of rotatable bonds is 6. The maximum absolute atomic E-state index is 11.8. The van der Waals surface area contributed by atoms with Crippen LogP contribution in [0, 0.1) is 11.8 Å². The van der Waals surface area contributed by atoms with Crippen LogP contribution in [-0.4, -0.2) is 42.3 Å². The van der Waals surface area contributed by atoms with Crippen molar-refractivity contribution in [2.24, 2.45) is 0 Å². The van der Waals surface area contributed by atoms with E-state index >= 15 is 0 Å². The monoisotopic (exact) mass is 295 g/mol. The van der Waals surface area contributed by atoms with Gasteiger partial charge in [-0.25, -0.2) is 0 Å². The summed E-state index contributed by atoms with van der Waals surface area (Å²) in [5.74, 6) is 5.83. The Hall–Kier alpha value is -1.35. The first-order chi connectivity index (χ1) is 9.52. The molecule has 1 aromatic rings. The van der Waals surface area contributed by atoms with Crippen molar-refractivity contribution in [3.63, 3.8) is 0 Å². The molecule has 0 spiro atoms. The fourth-order valence-electron chi connectivity index (χ4n) is 1.42. The molecule has 0 fully saturated rings. The van der Waals surface area contributed by atoms with Crippen LogP contribution in [0.25, 0.3) is 0 Å². The van der Waals surface area contributed by atoms with E-state index in [4.69, 9.17) is 9.84 Å². The van der Waals surface area contributed by atoms with Gasteiger partial charge in [0, 0.05) is 29.3 Å². The normalized spacial score (nSPS) is 10.2. The number of carbonyl (C=O) groups is 1. The molecule has 1 N–H and O–H groups in total. The third kappa shape index (κ3) is 6.20. The van der Waals surface area contributed by atoms with Crippen LogP contribution >= 0.6 is 11.3 Å². The van der Waals surface area contributed by atoms with E-state index in [2.05, 4.69) is 11.8 Å². The van der Waals surface area contributed by atoms with Crippen LogP contribution in [0.2, 0.25) is 0 Å². The molecule has 0 bridgehead atoms. The van der Waals surface area contributed by atoms with Crippen LogP contribution in [0.4, 0.5) is 0 Å². The summed E-state index contributed by atoms with van der Waals surface area (Å²) in [7, 11) is 1.77. The summed E-state index contributed by atoms with van der Waals surface area (Å²) in [6.07, 6.45) is 0.540. The van der Waals surface area contributed by atoms with Gasteiger partial charge in [-0.05, 0) is 19.9 Å². The molecule has 0 aliphatic carbocycles. The van der Waals surface area contributed by atoms with E-state index < -0.39 is 0 Å². The van der Waals surface area contributed by atoms with Crippen molar-refractivity contribution in [2.45, 2.75) is 32.9 Å². The van der Waals surface area contributed by atoms with E-state index in [0.29, 0.717) is 13.0 Å². The molecular weight excluding hydrogens is 274 g/mol. The number of likely N-dealkylation sites (N-methyl/N-ethyl adjacent to an activating group) is 1. The van der Waals surface area contributed by atoms with Crippen LogP contribution < -0.4 is 0 Å². The highest BCUT2D eigenvalue weighted by Crippen LogP contribution is 2.15. The van der Waals surface area contributed by atoms with Crippen LogP contribution in [-0.2, 0) is 16.1 Å². The number of amides is 1. The molecule has 1 aromatic heterocycles. The maximum Gasteiger partial charge on any atom is 0.248 e. The van der Waals surface area contributed by atoms with E-state index in [1.54, 1.807) is 23.3 Å². The Morgan fingerprint density at radius 1 is 1.55 bits per heavy atom. The van der Waals surface area contributed by atoms with Crippen molar-refractivity contribution in [3.05, 3.63) is 21.9 Å². The van der Waals surface area contributed by atoms with Crippen molar-refractivity contribution in [1.29, 1.82) is 0 Å². The standard InChI is InChI=1S/C15H21NO3S/c1-12(2)19-10-15(18)16(3)9-14-8-13(11-20-14)6-4-5-7-17/h8,11-12,17H,5,7,9-10H2,1-3H3. The number of aliphatic hydroxyl groups is 1. The number of aliphatic hydroxyl groups excluding tert-OH is 1. The van der Waals surface area contributed by atoms with Crippen molar-refractivity contribution in [3.8, 4) is 11.8 Å². The van der Waals surface area contributed by atoms with Crippen molar-refractivity contribution >= 4 is 17.2 Å². The van der Waals surface area contributed by atoms with Crippen LogP contribution in [0.5, 0.6) is 0 Å². The maximum atomic E-state index is 11.8. The minimum absolute atomic E-state index is 0.0278. The van der Waals surface area contributed by atoms with Gasteiger partial charge in [0.15, 0.2) is 0 Å². The summed E-state index contributed by atoms with van der Waals surface area (Å²) in [4.78, 5) is 14.6. The zero-order valence-corrected chi connectivity index (χ0v) is 13.0. The first kappa shape index (κ1) is 16.7. The molecule has 0 aliphatic heterocycles. The number of hydrogen-bond donors (Lipinski definition) is 1. The number of carbonyl (C=O) groups excluding carboxylic acids is 1. The van der Waals surface area contributed by atoms with Gasteiger partial charge in [0.25, 0.3) is 0 Å². The summed E-state index contributed by atoms with van der Waals surface area (Å²) in [6, 6.07) is 1.97. The van der Waals surface area contributed by atoms with Crippen LogP contribution in [0.1, 0.15) is 30.7 Å². The molecule has 0 unspecified atom stereocenters. The highest BCUT2D eigenvalue weighted by molar-refractivity contribution is 7.10. The van der Waals surface area contributed by atoms with E-state index in [9.17, 15) is 4.79 Å². The Morgan fingerprint density at radius 2 is 2.30 bits per heavy atom. The Bertz CT molecular complexity index is 485. The molecule has 4 nitrogen and oxygen atoms in total. The minimum Gasteiger partial charge on any atom is -0.395 e. The minimum atomic E-state index is -0.0278. The second-order valence-electron chi connectivity index (χ2n) is 4.69. The Kier molecular flexibility index (Phi) is 7.31. The summed E-state index contributed by atoms with van der Waals surface area (Å²) in [6.45, 7) is 4.57. The second kappa shape index (κ2) is 8.75. The molecule has 0 atom stereocenters. The van der Waals surface area contributed by atoms with Gasteiger partial charge in [-0.15, -0.1) is 11.3 Å². The Morgan fingerprint density at radius 3 is 2.95 bits per heavy atom. The predicted molar refractivity (Wildman–Crippen MR) is 80.5 cm³/mol. The van der Waals surface area contributed by atoms with E-state index in [1.807, 2.05) is 25.3 Å². The smallest absolute Gasteiger partial charge is 0.248 e. The number of ether oxygens (including phenoxy) is 1. The van der Waals surface area contributed by atoms with Gasteiger partial charge in [-0.3, -0.25) is 4.79 Å². The molecule has 5 heteroatoms. The van der Waals surface area contributed by atoms with Crippen molar-refractivity contribution < 1.29 is 14.6 Å².